The number of carbonyl (C=O) groups is 1. The first kappa shape index (κ1) is 13.6. The Hall–Kier alpha value is -1.80. The Labute approximate surface area is 117 Å². The van der Waals surface area contributed by atoms with Crippen LogP contribution < -0.4 is 0 Å². The summed E-state index contributed by atoms with van der Waals surface area (Å²) < 4.78 is 7.33. The van der Waals surface area contributed by atoms with Gasteiger partial charge in [-0.05, 0) is 27.6 Å². The predicted octanol–water partition coefficient (Wildman–Crippen LogP) is 1.33. The van der Waals surface area contributed by atoms with Crippen molar-refractivity contribution in [2.45, 2.75) is 13.2 Å². The number of nitrogens with zero attached hydrogens (tertiary/aromatic N) is 4. The van der Waals surface area contributed by atoms with Crippen LogP contribution in [-0.4, -0.2) is 38.2 Å². The summed E-state index contributed by atoms with van der Waals surface area (Å²) in [5.41, 5.74) is 1.22. The molecule has 2 aromatic rings. The number of carboxylic acids is 1. The summed E-state index contributed by atoms with van der Waals surface area (Å²) in [7, 11) is 1.49. The molecule has 0 aliphatic carbocycles. The number of hydrogen-bond donors (Lipinski definition) is 1. The van der Waals surface area contributed by atoms with Gasteiger partial charge in [-0.15, -0.1) is 5.10 Å². The smallest absolute Gasteiger partial charge is 0.358 e. The van der Waals surface area contributed by atoms with E-state index in [4.69, 9.17) is 9.84 Å². The molecule has 0 aromatic carbocycles. The van der Waals surface area contributed by atoms with Crippen molar-refractivity contribution < 1.29 is 14.6 Å². The first-order chi connectivity index (χ1) is 9.11. The fourth-order valence-corrected chi connectivity index (χ4v) is 2.03. The van der Waals surface area contributed by atoms with Gasteiger partial charge in [-0.1, -0.05) is 5.21 Å². The van der Waals surface area contributed by atoms with Crippen LogP contribution in [0.25, 0.3) is 0 Å². The molecule has 19 heavy (non-hydrogen) atoms. The maximum absolute atomic E-state index is 11.0. The Bertz CT molecular complexity index is 599. The fourth-order valence-electron chi connectivity index (χ4n) is 1.62. The lowest BCUT2D eigenvalue weighted by molar-refractivity contribution is 0.0684. The standard InChI is InChI=1S/C11H11BrN4O3/c1-19-6-9-10(11(17)18)14-15-16(9)5-7-2-8(12)4-13-3-7/h2-4H,5-6H2,1H3,(H,17,18). The van der Waals surface area contributed by atoms with Crippen LogP contribution in [-0.2, 0) is 17.9 Å². The number of methoxy groups -OCH3 is 1. The maximum atomic E-state index is 11.0. The second-order valence-electron chi connectivity index (χ2n) is 3.79. The van der Waals surface area contributed by atoms with Gasteiger partial charge in [-0.3, -0.25) is 4.98 Å². The molecule has 0 atom stereocenters. The molecular weight excluding hydrogens is 316 g/mol. The van der Waals surface area contributed by atoms with Crippen molar-refractivity contribution in [2.24, 2.45) is 0 Å². The van der Waals surface area contributed by atoms with Crippen molar-refractivity contribution in [2.75, 3.05) is 7.11 Å². The number of ether oxygens (including phenoxy) is 1. The Balaban J connectivity index is 2.32. The topological polar surface area (TPSA) is 90.1 Å². The first-order valence-electron chi connectivity index (χ1n) is 5.36. The molecule has 0 radical (unpaired) electrons. The molecule has 2 heterocycles. The van der Waals surface area contributed by atoms with E-state index < -0.39 is 5.97 Å². The lowest BCUT2D eigenvalue weighted by Gasteiger charge is -2.06. The highest BCUT2D eigenvalue weighted by molar-refractivity contribution is 9.10. The summed E-state index contributed by atoms with van der Waals surface area (Å²) in [6, 6.07) is 1.88. The highest BCUT2D eigenvalue weighted by atomic mass is 79.9. The highest BCUT2D eigenvalue weighted by Crippen LogP contribution is 2.13. The minimum Gasteiger partial charge on any atom is -0.476 e. The molecule has 0 aliphatic rings. The SMILES string of the molecule is COCc1c(C(=O)O)nnn1Cc1cncc(Br)c1. The van der Waals surface area contributed by atoms with Crippen molar-refractivity contribution >= 4 is 21.9 Å². The van der Waals surface area contributed by atoms with Crippen LogP contribution in [0.4, 0.5) is 0 Å². The third kappa shape index (κ3) is 3.15. The molecule has 0 fully saturated rings. The van der Waals surface area contributed by atoms with Crippen molar-refractivity contribution in [1.29, 1.82) is 0 Å². The van der Waals surface area contributed by atoms with Crippen LogP contribution in [0, 0.1) is 0 Å². The molecule has 0 saturated heterocycles. The number of carboxylic acid groups (broad SMARTS) is 1. The first-order valence-corrected chi connectivity index (χ1v) is 6.15. The van der Waals surface area contributed by atoms with Crippen LogP contribution >= 0.6 is 15.9 Å². The molecule has 0 aliphatic heterocycles. The Morgan fingerprint density at radius 1 is 1.53 bits per heavy atom. The summed E-state index contributed by atoms with van der Waals surface area (Å²) in [5.74, 6) is -1.12. The number of hydrogen-bond acceptors (Lipinski definition) is 5. The third-order valence-corrected chi connectivity index (χ3v) is 2.85. The average Bonchev–Trinajstić information content (AvgIpc) is 2.73. The fraction of sp³-hybridized carbons (Fsp3) is 0.273. The van der Waals surface area contributed by atoms with Crippen LogP contribution in [0.3, 0.4) is 0 Å². The zero-order chi connectivity index (χ0) is 13.8. The van der Waals surface area contributed by atoms with E-state index in [0.717, 1.165) is 10.0 Å². The Morgan fingerprint density at radius 2 is 2.32 bits per heavy atom. The number of pyridine rings is 1. The summed E-state index contributed by atoms with van der Waals surface area (Å²) in [4.78, 5) is 15.1. The molecule has 1 N–H and O–H groups in total. The number of halogens is 1. The monoisotopic (exact) mass is 326 g/mol. The maximum Gasteiger partial charge on any atom is 0.358 e. The number of aromatic carboxylic acids is 1. The van der Waals surface area contributed by atoms with E-state index >= 15 is 0 Å². The lowest BCUT2D eigenvalue weighted by atomic mass is 10.2. The molecule has 0 saturated carbocycles. The average molecular weight is 327 g/mol. The second kappa shape index (κ2) is 5.89. The van der Waals surface area contributed by atoms with Gasteiger partial charge in [0.15, 0.2) is 5.69 Å². The van der Waals surface area contributed by atoms with Gasteiger partial charge >= 0.3 is 5.97 Å². The molecule has 0 unspecified atom stereocenters. The van der Waals surface area contributed by atoms with Gasteiger partial charge in [0.2, 0.25) is 0 Å². The van der Waals surface area contributed by atoms with Crippen LogP contribution in [0.5, 0.6) is 0 Å². The Kier molecular flexibility index (Phi) is 4.23. The van der Waals surface area contributed by atoms with Crippen LogP contribution in [0.1, 0.15) is 21.7 Å². The van der Waals surface area contributed by atoms with Crippen LogP contribution in [0.2, 0.25) is 0 Å². The molecule has 7 nitrogen and oxygen atoms in total. The number of aromatic nitrogens is 4. The quantitative estimate of drug-likeness (QED) is 0.891. The van der Waals surface area contributed by atoms with Gasteiger partial charge in [-0.2, -0.15) is 0 Å². The molecular formula is C11H11BrN4O3. The zero-order valence-corrected chi connectivity index (χ0v) is 11.7. The summed E-state index contributed by atoms with van der Waals surface area (Å²) in [6.45, 7) is 0.515. The second-order valence-corrected chi connectivity index (χ2v) is 4.71. The molecule has 8 heteroatoms. The van der Waals surface area contributed by atoms with Gasteiger partial charge in [0.1, 0.15) is 0 Å². The van der Waals surface area contributed by atoms with E-state index in [1.165, 1.54) is 11.8 Å². The molecule has 100 valence electrons. The van der Waals surface area contributed by atoms with E-state index in [1.54, 1.807) is 12.4 Å². The van der Waals surface area contributed by atoms with E-state index in [2.05, 4.69) is 31.2 Å². The lowest BCUT2D eigenvalue weighted by Crippen LogP contribution is -2.10. The highest BCUT2D eigenvalue weighted by Gasteiger charge is 2.18. The largest absolute Gasteiger partial charge is 0.476 e. The van der Waals surface area contributed by atoms with Gasteiger partial charge in [0, 0.05) is 24.0 Å². The van der Waals surface area contributed by atoms with E-state index in [-0.39, 0.29) is 12.3 Å². The predicted molar refractivity (Wildman–Crippen MR) is 68.7 cm³/mol. The van der Waals surface area contributed by atoms with Gasteiger partial charge < -0.3 is 9.84 Å². The minimum absolute atomic E-state index is 0.0928. The number of rotatable bonds is 5. The van der Waals surface area contributed by atoms with E-state index in [0.29, 0.717) is 12.2 Å². The molecule has 2 rings (SSSR count). The van der Waals surface area contributed by atoms with E-state index in [9.17, 15) is 4.79 Å². The minimum atomic E-state index is -1.12. The molecule has 0 amide bonds. The van der Waals surface area contributed by atoms with Crippen molar-refractivity contribution in [3.63, 3.8) is 0 Å². The molecule has 0 bridgehead atoms. The van der Waals surface area contributed by atoms with Crippen LogP contribution in [0.15, 0.2) is 22.9 Å². The summed E-state index contributed by atoms with van der Waals surface area (Å²) >= 11 is 3.33. The van der Waals surface area contributed by atoms with E-state index in [1.807, 2.05) is 6.07 Å². The molecule has 2 aromatic heterocycles. The summed E-state index contributed by atoms with van der Waals surface area (Å²) in [5, 5.41) is 16.5. The molecule has 0 spiro atoms. The van der Waals surface area contributed by atoms with Crippen molar-refractivity contribution in [1.82, 2.24) is 20.0 Å². The zero-order valence-electron chi connectivity index (χ0n) is 10.1. The van der Waals surface area contributed by atoms with Gasteiger partial charge in [0.25, 0.3) is 0 Å². The van der Waals surface area contributed by atoms with Gasteiger partial charge in [0.05, 0.1) is 18.8 Å². The van der Waals surface area contributed by atoms with Crippen molar-refractivity contribution in [3.8, 4) is 0 Å². The van der Waals surface area contributed by atoms with Crippen molar-refractivity contribution in [3.05, 3.63) is 39.9 Å². The summed E-state index contributed by atoms with van der Waals surface area (Å²) in [6.07, 6.45) is 3.35. The van der Waals surface area contributed by atoms with Gasteiger partial charge in [-0.25, -0.2) is 9.48 Å². The third-order valence-electron chi connectivity index (χ3n) is 2.42. The Morgan fingerprint density at radius 3 is 2.95 bits per heavy atom. The normalized spacial score (nSPS) is 10.6.